The van der Waals surface area contributed by atoms with Gasteiger partial charge in [-0.1, -0.05) is 13.8 Å². The summed E-state index contributed by atoms with van der Waals surface area (Å²) in [5.74, 6) is 2.09. The van der Waals surface area contributed by atoms with E-state index in [9.17, 15) is 10.2 Å². The molecule has 0 radical (unpaired) electrons. The van der Waals surface area contributed by atoms with Crippen LogP contribution in [-0.2, 0) is 6.42 Å². The first-order valence-electron chi connectivity index (χ1n) is 6.74. The quantitative estimate of drug-likeness (QED) is 0.563. The fourth-order valence-corrected chi connectivity index (χ4v) is 1.70. The standard InChI is InChI=1S/C13H24N4O2/c1-4-10-15-11(14-6-3)7-12(16-10)17-13(5-2,8-18)9-19/h7,18-19H,4-6,8-9H2,1-3H3,(H2,14,15,16,17). The number of nitrogens with one attached hydrogen (secondary N) is 2. The van der Waals surface area contributed by atoms with Crippen molar-refractivity contribution in [3.05, 3.63) is 11.9 Å². The average molecular weight is 268 g/mol. The molecular formula is C13H24N4O2. The maximum absolute atomic E-state index is 9.46. The van der Waals surface area contributed by atoms with Gasteiger partial charge >= 0.3 is 0 Å². The number of aliphatic hydroxyl groups is 2. The van der Waals surface area contributed by atoms with Gasteiger partial charge in [0.2, 0.25) is 0 Å². The third kappa shape index (κ3) is 4.04. The van der Waals surface area contributed by atoms with E-state index in [4.69, 9.17) is 0 Å². The number of hydrogen-bond acceptors (Lipinski definition) is 6. The minimum absolute atomic E-state index is 0.151. The molecule has 0 bridgehead atoms. The minimum atomic E-state index is -0.747. The van der Waals surface area contributed by atoms with Crippen molar-refractivity contribution >= 4 is 11.6 Å². The molecule has 0 aromatic carbocycles. The van der Waals surface area contributed by atoms with Gasteiger partial charge in [0, 0.05) is 19.0 Å². The van der Waals surface area contributed by atoms with E-state index in [-0.39, 0.29) is 13.2 Å². The zero-order valence-corrected chi connectivity index (χ0v) is 11.9. The van der Waals surface area contributed by atoms with Crippen molar-refractivity contribution in [2.45, 2.75) is 39.2 Å². The van der Waals surface area contributed by atoms with Gasteiger partial charge in [-0.2, -0.15) is 0 Å². The Bertz CT molecular complexity index is 386. The zero-order valence-electron chi connectivity index (χ0n) is 11.9. The van der Waals surface area contributed by atoms with Gasteiger partial charge in [0.05, 0.1) is 18.8 Å². The van der Waals surface area contributed by atoms with Crippen LogP contribution in [0.5, 0.6) is 0 Å². The smallest absolute Gasteiger partial charge is 0.132 e. The van der Waals surface area contributed by atoms with Gasteiger partial charge in [0.15, 0.2) is 0 Å². The number of rotatable bonds is 8. The van der Waals surface area contributed by atoms with Gasteiger partial charge in [-0.25, -0.2) is 9.97 Å². The predicted octanol–water partition coefficient (Wildman–Crippen LogP) is 1.02. The molecule has 1 rings (SSSR count). The maximum Gasteiger partial charge on any atom is 0.132 e. The van der Waals surface area contributed by atoms with Gasteiger partial charge in [-0.15, -0.1) is 0 Å². The number of aromatic nitrogens is 2. The number of nitrogens with zero attached hydrogens (tertiary/aromatic N) is 2. The van der Waals surface area contributed by atoms with Gasteiger partial charge in [0.25, 0.3) is 0 Å². The molecule has 0 aliphatic heterocycles. The Balaban J connectivity index is 3.01. The summed E-state index contributed by atoms with van der Waals surface area (Å²) in [5.41, 5.74) is -0.747. The molecule has 0 aliphatic rings. The number of aryl methyl sites for hydroxylation is 1. The summed E-state index contributed by atoms with van der Waals surface area (Å²) in [6.45, 7) is 6.37. The Morgan fingerprint density at radius 3 is 2.21 bits per heavy atom. The predicted molar refractivity (Wildman–Crippen MR) is 76.4 cm³/mol. The lowest BCUT2D eigenvalue weighted by atomic mass is 9.98. The van der Waals surface area contributed by atoms with Crippen molar-refractivity contribution in [2.75, 3.05) is 30.4 Å². The van der Waals surface area contributed by atoms with Crippen LogP contribution in [0.25, 0.3) is 0 Å². The lowest BCUT2D eigenvalue weighted by molar-refractivity contribution is 0.132. The Morgan fingerprint density at radius 1 is 1.11 bits per heavy atom. The summed E-state index contributed by atoms with van der Waals surface area (Å²) in [7, 11) is 0. The molecule has 1 heterocycles. The van der Waals surface area contributed by atoms with E-state index in [0.29, 0.717) is 12.2 Å². The molecule has 0 unspecified atom stereocenters. The van der Waals surface area contributed by atoms with Crippen molar-refractivity contribution in [2.24, 2.45) is 0 Å². The van der Waals surface area contributed by atoms with Gasteiger partial charge in [-0.05, 0) is 13.3 Å². The van der Waals surface area contributed by atoms with Crippen molar-refractivity contribution in [1.82, 2.24) is 9.97 Å². The topological polar surface area (TPSA) is 90.3 Å². The number of aliphatic hydroxyl groups excluding tert-OH is 2. The molecule has 0 saturated heterocycles. The summed E-state index contributed by atoms with van der Waals surface area (Å²) < 4.78 is 0. The number of hydrogen-bond donors (Lipinski definition) is 4. The van der Waals surface area contributed by atoms with Crippen LogP contribution in [-0.4, -0.2) is 45.5 Å². The van der Waals surface area contributed by atoms with Crippen LogP contribution >= 0.6 is 0 Å². The Hall–Kier alpha value is -1.40. The first-order valence-corrected chi connectivity index (χ1v) is 6.74. The lowest BCUT2D eigenvalue weighted by Crippen LogP contribution is -2.45. The highest BCUT2D eigenvalue weighted by molar-refractivity contribution is 5.49. The molecular weight excluding hydrogens is 244 g/mol. The first-order chi connectivity index (χ1) is 9.12. The highest BCUT2D eigenvalue weighted by atomic mass is 16.3. The van der Waals surface area contributed by atoms with Gasteiger partial charge < -0.3 is 20.8 Å². The van der Waals surface area contributed by atoms with Crippen LogP contribution in [0.2, 0.25) is 0 Å². The average Bonchev–Trinajstić information content (AvgIpc) is 2.45. The van der Waals surface area contributed by atoms with Gasteiger partial charge in [-0.3, -0.25) is 0 Å². The van der Waals surface area contributed by atoms with Crippen molar-refractivity contribution < 1.29 is 10.2 Å². The lowest BCUT2D eigenvalue weighted by Gasteiger charge is -2.30. The molecule has 6 nitrogen and oxygen atoms in total. The summed E-state index contributed by atoms with van der Waals surface area (Å²) in [4.78, 5) is 8.74. The number of anilines is 2. The van der Waals surface area contributed by atoms with Crippen LogP contribution in [0, 0.1) is 0 Å². The zero-order chi connectivity index (χ0) is 14.3. The monoisotopic (exact) mass is 268 g/mol. The first kappa shape index (κ1) is 15.7. The van der Waals surface area contributed by atoms with Crippen LogP contribution in [0.4, 0.5) is 11.6 Å². The molecule has 0 aliphatic carbocycles. The SMILES string of the molecule is CCNc1cc(NC(CC)(CO)CO)nc(CC)n1. The normalized spacial score (nSPS) is 11.4. The molecule has 0 amide bonds. The van der Waals surface area contributed by atoms with Gasteiger partial charge in [0.1, 0.15) is 17.5 Å². The van der Waals surface area contributed by atoms with Crippen LogP contribution in [0.15, 0.2) is 6.07 Å². The Morgan fingerprint density at radius 2 is 1.74 bits per heavy atom. The Labute approximate surface area is 114 Å². The van der Waals surface area contributed by atoms with E-state index in [0.717, 1.165) is 24.6 Å². The molecule has 0 saturated carbocycles. The van der Waals surface area contributed by atoms with E-state index < -0.39 is 5.54 Å². The fourth-order valence-electron chi connectivity index (χ4n) is 1.70. The van der Waals surface area contributed by atoms with E-state index >= 15 is 0 Å². The second-order valence-electron chi connectivity index (χ2n) is 4.51. The maximum atomic E-state index is 9.46. The van der Waals surface area contributed by atoms with Crippen LogP contribution in [0.1, 0.15) is 33.0 Å². The van der Waals surface area contributed by atoms with Crippen LogP contribution < -0.4 is 10.6 Å². The third-order valence-corrected chi connectivity index (χ3v) is 3.12. The molecule has 108 valence electrons. The highest BCUT2D eigenvalue weighted by Gasteiger charge is 2.27. The summed E-state index contributed by atoms with van der Waals surface area (Å²) in [6, 6.07) is 1.79. The van der Waals surface area contributed by atoms with Crippen molar-refractivity contribution in [3.8, 4) is 0 Å². The third-order valence-electron chi connectivity index (χ3n) is 3.12. The largest absolute Gasteiger partial charge is 0.394 e. The summed E-state index contributed by atoms with van der Waals surface area (Å²) >= 11 is 0. The molecule has 6 heteroatoms. The highest BCUT2D eigenvalue weighted by Crippen LogP contribution is 2.19. The molecule has 0 atom stereocenters. The molecule has 1 aromatic heterocycles. The molecule has 0 fully saturated rings. The second kappa shape index (κ2) is 7.25. The Kier molecular flexibility index (Phi) is 5.98. The summed E-state index contributed by atoms with van der Waals surface area (Å²) in [6.07, 6.45) is 1.33. The van der Waals surface area contributed by atoms with E-state index in [1.54, 1.807) is 6.07 Å². The fraction of sp³-hybridized carbons (Fsp3) is 0.692. The molecule has 19 heavy (non-hydrogen) atoms. The minimum Gasteiger partial charge on any atom is -0.394 e. The second-order valence-corrected chi connectivity index (χ2v) is 4.51. The summed E-state index contributed by atoms with van der Waals surface area (Å²) in [5, 5.41) is 25.2. The van der Waals surface area contributed by atoms with Crippen molar-refractivity contribution in [3.63, 3.8) is 0 Å². The van der Waals surface area contributed by atoms with E-state index in [1.807, 2.05) is 20.8 Å². The van der Waals surface area contributed by atoms with Crippen molar-refractivity contribution in [1.29, 1.82) is 0 Å². The van der Waals surface area contributed by atoms with E-state index in [2.05, 4.69) is 20.6 Å². The molecule has 4 N–H and O–H groups in total. The van der Waals surface area contributed by atoms with Crippen LogP contribution in [0.3, 0.4) is 0 Å². The van der Waals surface area contributed by atoms with E-state index in [1.165, 1.54) is 0 Å². The molecule has 1 aromatic rings. The molecule has 0 spiro atoms.